The molecule has 0 fully saturated rings. The van der Waals surface area contributed by atoms with Crippen molar-refractivity contribution in [3.8, 4) is 6.07 Å². The molecule has 0 bridgehead atoms. The molecule has 0 aliphatic heterocycles. The van der Waals surface area contributed by atoms with Crippen molar-refractivity contribution < 1.29 is 14.7 Å². The summed E-state index contributed by atoms with van der Waals surface area (Å²) in [5, 5.41) is 20.3. The normalized spacial score (nSPS) is 11.4. The molecule has 0 saturated carbocycles. The Hall–Kier alpha value is -2.42. The monoisotopic (exact) mass is 275 g/mol. The fourth-order valence-corrected chi connectivity index (χ4v) is 1.85. The highest BCUT2D eigenvalue weighted by atomic mass is 16.4. The van der Waals surface area contributed by atoms with Crippen LogP contribution in [0.25, 0.3) is 0 Å². The Kier molecular flexibility index (Phi) is 5.66. The number of hydrogen-bond acceptors (Lipinski definition) is 4. The molecule has 1 unspecified atom stereocenters. The number of aliphatic carboxylic acids is 1. The van der Waals surface area contributed by atoms with E-state index in [0.717, 1.165) is 6.42 Å². The number of nitriles is 1. The van der Waals surface area contributed by atoms with Crippen LogP contribution in [0, 0.1) is 18.3 Å². The van der Waals surface area contributed by atoms with Crippen LogP contribution in [0.4, 0.5) is 0 Å². The first-order chi connectivity index (χ1) is 9.47. The second-order valence-electron chi connectivity index (χ2n) is 4.50. The Morgan fingerprint density at radius 1 is 1.50 bits per heavy atom. The summed E-state index contributed by atoms with van der Waals surface area (Å²) in [6, 6.07) is 4.56. The molecule has 6 heteroatoms. The lowest BCUT2D eigenvalue weighted by Crippen LogP contribution is -2.36. The van der Waals surface area contributed by atoms with E-state index in [0.29, 0.717) is 17.7 Å². The molecule has 0 radical (unpaired) electrons. The van der Waals surface area contributed by atoms with E-state index in [4.69, 9.17) is 10.4 Å². The number of aromatic nitrogens is 1. The molecule has 0 spiro atoms. The van der Waals surface area contributed by atoms with E-state index in [1.807, 2.05) is 13.0 Å². The molecular formula is C14H17N3O3. The Balaban J connectivity index is 2.81. The lowest BCUT2D eigenvalue weighted by atomic mass is 10.1. The minimum absolute atomic E-state index is 0.116. The van der Waals surface area contributed by atoms with Gasteiger partial charge in [0, 0.05) is 6.04 Å². The van der Waals surface area contributed by atoms with Crippen LogP contribution >= 0.6 is 0 Å². The molecule has 2 N–H and O–H groups in total. The molecule has 1 heterocycles. The summed E-state index contributed by atoms with van der Waals surface area (Å²) in [6.45, 7) is 3.57. The van der Waals surface area contributed by atoms with Gasteiger partial charge in [0.05, 0.1) is 17.7 Å². The van der Waals surface area contributed by atoms with Gasteiger partial charge in [0.2, 0.25) is 0 Å². The van der Waals surface area contributed by atoms with Crippen LogP contribution < -0.4 is 5.32 Å². The minimum Gasteiger partial charge on any atom is -0.481 e. The third-order valence-electron chi connectivity index (χ3n) is 2.83. The second kappa shape index (κ2) is 7.24. The van der Waals surface area contributed by atoms with Crippen LogP contribution in [0.5, 0.6) is 0 Å². The predicted molar refractivity (Wildman–Crippen MR) is 72.1 cm³/mol. The third-order valence-corrected chi connectivity index (χ3v) is 2.83. The zero-order valence-corrected chi connectivity index (χ0v) is 11.5. The van der Waals surface area contributed by atoms with Gasteiger partial charge in [0.25, 0.3) is 5.91 Å². The van der Waals surface area contributed by atoms with Crippen LogP contribution in [0.2, 0.25) is 0 Å². The van der Waals surface area contributed by atoms with E-state index < -0.39 is 17.9 Å². The quantitative estimate of drug-likeness (QED) is 0.821. The maximum Gasteiger partial charge on any atom is 0.305 e. The van der Waals surface area contributed by atoms with Gasteiger partial charge in [-0.1, -0.05) is 13.3 Å². The molecule has 0 saturated heterocycles. The summed E-state index contributed by atoms with van der Waals surface area (Å²) in [7, 11) is 0. The van der Waals surface area contributed by atoms with Gasteiger partial charge in [0.15, 0.2) is 0 Å². The van der Waals surface area contributed by atoms with Crippen molar-refractivity contribution in [3.63, 3.8) is 0 Å². The van der Waals surface area contributed by atoms with Gasteiger partial charge in [-0.3, -0.25) is 9.59 Å². The molecule has 1 amide bonds. The first-order valence-electron chi connectivity index (χ1n) is 6.38. The van der Waals surface area contributed by atoms with E-state index in [2.05, 4.69) is 10.3 Å². The van der Waals surface area contributed by atoms with Crippen molar-refractivity contribution in [3.05, 3.63) is 29.1 Å². The van der Waals surface area contributed by atoms with Crippen molar-refractivity contribution in [2.75, 3.05) is 0 Å². The fourth-order valence-electron chi connectivity index (χ4n) is 1.85. The molecule has 106 valence electrons. The maximum atomic E-state index is 12.0. The molecule has 0 aliphatic rings. The van der Waals surface area contributed by atoms with Gasteiger partial charge < -0.3 is 10.4 Å². The first kappa shape index (κ1) is 15.6. The van der Waals surface area contributed by atoms with Crippen LogP contribution in [-0.2, 0) is 4.79 Å². The number of amides is 1. The Morgan fingerprint density at radius 2 is 2.20 bits per heavy atom. The van der Waals surface area contributed by atoms with E-state index in [-0.39, 0.29) is 12.1 Å². The molecule has 1 rings (SSSR count). The summed E-state index contributed by atoms with van der Waals surface area (Å²) >= 11 is 0. The largest absolute Gasteiger partial charge is 0.481 e. The van der Waals surface area contributed by atoms with E-state index in [1.54, 1.807) is 6.92 Å². The van der Waals surface area contributed by atoms with Crippen LogP contribution in [0.15, 0.2) is 12.1 Å². The van der Waals surface area contributed by atoms with Gasteiger partial charge in [-0.2, -0.15) is 5.26 Å². The number of nitrogens with one attached hydrogen (secondary N) is 1. The number of hydrogen-bond donors (Lipinski definition) is 2. The van der Waals surface area contributed by atoms with Crippen molar-refractivity contribution in [1.82, 2.24) is 10.3 Å². The first-order valence-corrected chi connectivity index (χ1v) is 6.38. The standard InChI is InChI=1S/C14H17N3O3/c1-3-4-11(7-13(18)19)17-14(20)12-6-5-10(8-15)9(2)16-12/h5-6,11H,3-4,7H2,1-2H3,(H,17,20)(H,18,19). The predicted octanol–water partition coefficient (Wildman–Crippen LogP) is 1.63. The number of carboxylic acids is 1. The highest BCUT2D eigenvalue weighted by Gasteiger charge is 2.17. The van der Waals surface area contributed by atoms with Crippen LogP contribution in [-0.4, -0.2) is 28.0 Å². The SMILES string of the molecule is CCCC(CC(=O)O)NC(=O)c1ccc(C#N)c(C)n1. The van der Waals surface area contributed by atoms with Gasteiger partial charge in [-0.05, 0) is 25.5 Å². The number of rotatable bonds is 6. The molecule has 1 aromatic heterocycles. The molecule has 0 aliphatic carbocycles. The summed E-state index contributed by atoms with van der Waals surface area (Å²) in [5.74, 6) is -1.37. The van der Waals surface area contributed by atoms with Gasteiger partial charge in [-0.15, -0.1) is 0 Å². The van der Waals surface area contributed by atoms with E-state index in [9.17, 15) is 9.59 Å². The average Bonchev–Trinajstić information content (AvgIpc) is 2.38. The molecule has 1 atom stereocenters. The second-order valence-corrected chi connectivity index (χ2v) is 4.50. The minimum atomic E-state index is -0.951. The number of aryl methyl sites for hydroxylation is 1. The van der Waals surface area contributed by atoms with Crippen LogP contribution in [0.1, 0.15) is 47.9 Å². The molecule has 20 heavy (non-hydrogen) atoms. The van der Waals surface area contributed by atoms with E-state index in [1.165, 1.54) is 12.1 Å². The van der Waals surface area contributed by atoms with Gasteiger partial charge in [-0.25, -0.2) is 4.98 Å². The number of carboxylic acid groups (broad SMARTS) is 1. The summed E-state index contributed by atoms with van der Waals surface area (Å²) < 4.78 is 0. The molecule has 6 nitrogen and oxygen atoms in total. The van der Waals surface area contributed by atoms with Crippen molar-refractivity contribution >= 4 is 11.9 Å². The zero-order chi connectivity index (χ0) is 15.1. The number of carbonyl (C=O) groups is 2. The maximum absolute atomic E-state index is 12.0. The smallest absolute Gasteiger partial charge is 0.305 e. The van der Waals surface area contributed by atoms with Crippen LogP contribution in [0.3, 0.4) is 0 Å². The van der Waals surface area contributed by atoms with Gasteiger partial charge in [0.1, 0.15) is 11.8 Å². The van der Waals surface area contributed by atoms with Crippen molar-refractivity contribution in [2.24, 2.45) is 0 Å². The van der Waals surface area contributed by atoms with Crippen molar-refractivity contribution in [1.29, 1.82) is 5.26 Å². The summed E-state index contributed by atoms with van der Waals surface area (Å²) in [4.78, 5) is 26.8. The lowest BCUT2D eigenvalue weighted by molar-refractivity contribution is -0.137. The zero-order valence-electron chi connectivity index (χ0n) is 11.5. The Bertz CT molecular complexity index is 549. The summed E-state index contributed by atoms with van der Waals surface area (Å²) in [6.07, 6.45) is 1.25. The topological polar surface area (TPSA) is 103 Å². The Morgan fingerprint density at radius 3 is 2.70 bits per heavy atom. The number of nitrogens with zero attached hydrogens (tertiary/aromatic N) is 2. The summed E-state index contributed by atoms with van der Waals surface area (Å²) in [5.41, 5.74) is 1.08. The molecular weight excluding hydrogens is 258 g/mol. The third kappa shape index (κ3) is 4.35. The number of carbonyl (C=O) groups excluding carboxylic acids is 1. The molecule has 1 aromatic rings. The average molecular weight is 275 g/mol. The van der Waals surface area contributed by atoms with E-state index >= 15 is 0 Å². The number of pyridine rings is 1. The van der Waals surface area contributed by atoms with Gasteiger partial charge >= 0.3 is 5.97 Å². The van der Waals surface area contributed by atoms with Crippen molar-refractivity contribution in [2.45, 2.75) is 39.2 Å². The fraction of sp³-hybridized carbons (Fsp3) is 0.429. The highest BCUT2D eigenvalue weighted by molar-refractivity contribution is 5.92. The molecule has 0 aromatic carbocycles. The lowest BCUT2D eigenvalue weighted by Gasteiger charge is -2.15. The Labute approximate surface area is 117 Å². The highest BCUT2D eigenvalue weighted by Crippen LogP contribution is 2.07.